The van der Waals surface area contributed by atoms with Crippen molar-refractivity contribution in [2.45, 2.75) is 54.5 Å². The summed E-state index contributed by atoms with van der Waals surface area (Å²) >= 11 is 0. The van der Waals surface area contributed by atoms with Crippen molar-refractivity contribution in [1.29, 1.82) is 0 Å². The maximum Gasteiger partial charge on any atom is 0.243 e. The maximum absolute atomic E-state index is 13.2. The van der Waals surface area contributed by atoms with Gasteiger partial charge >= 0.3 is 0 Å². The molecule has 0 radical (unpaired) electrons. The van der Waals surface area contributed by atoms with E-state index in [1.54, 1.807) is 24.3 Å². The topological polar surface area (TPSA) is 59.4 Å². The molecule has 5 nitrogen and oxygen atoms in total. The van der Waals surface area contributed by atoms with Gasteiger partial charge in [0.2, 0.25) is 5.91 Å². The molecule has 5 rings (SSSR count). The van der Waals surface area contributed by atoms with Crippen LogP contribution in [-0.2, 0) is 21.2 Å². The highest BCUT2D eigenvalue weighted by Crippen LogP contribution is 2.40. The first kappa shape index (κ1) is 18.4. The molecule has 6 heteroatoms. The van der Waals surface area contributed by atoms with Crippen molar-refractivity contribution in [1.82, 2.24) is 9.47 Å². The van der Waals surface area contributed by atoms with Crippen LogP contribution in [0.2, 0.25) is 0 Å². The minimum absolute atomic E-state index is 0.0200. The number of nitrogens with zero attached hydrogens (tertiary/aromatic N) is 2. The summed E-state index contributed by atoms with van der Waals surface area (Å²) in [5.74, 6) is 0.0920. The predicted octanol–water partition coefficient (Wildman–Crippen LogP) is 3.64. The first-order valence-electron chi connectivity index (χ1n) is 10.2. The lowest BCUT2D eigenvalue weighted by Crippen LogP contribution is -2.50. The van der Waals surface area contributed by atoms with E-state index in [0.717, 1.165) is 23.7 Å². The molecule has 1 amide bonds. The molecular weight excluding hydrogens is 384 g/mol. The average molecular weight is 409 g/mol. The molecular formula is C23H24N2O3S. The third-order valence-corrected chi connectivity index (χ3v) is 8.67. The van der Waals surface area contributed by atoms with E-state index in [1.807, 2.05) is 52.1 Å². The highest BCUT2D eigenvalue weighted by atomic mass is 32.2. The van der Waals surface area contributed by atoms with Crippen molar-refractivity contribution < 1.29 is 13.2 Å². The van der Waals surface area contributed by atoms with Gasteiger partial charge in [0.15, 0.2) is 9.84 Å². The van der Waals surface area contributed by atoms with Crippen LogP contribution in [0.4, 0.5) is 0 Å². The van der Waals surface area contributed by atoms with E-state index in [9.17, 15) is 13.2 Å². The van der Waals surface area contributed by atoms with Crippen molar-refractivity contribution in [3.05, 3.63) is 66.9 Å². The van der Waals surface area contributed by atoms with Gasteiger partial charge in [-0.25, -0.2) is 8.42 Å². The molecule has 2 saturated heterocycles. The lowest BCUT2D eigenvalue weighted by molar-refractivity contribution is -0.136. The van der Waals surface area contributed by atoms with Gasteiger partial charge in [-0.15, -0.1) is 0 Å². The lowest BCUT2D eigenvalue weighted by atomic mass is 10.0. The largest absolute Gasteiger partial charge is 0.338 e. The molecule has 3 heterocycles. The highest BCUT2D eigenvalue weighted by molar-refractivity contribution is 7.92. The van der Waals surface area contributed by atoms with Gasteiger partial charge in [-0.05, 0) is 55.3 Å². The summed E-state index contributed by atoms with van der Waals surface area (Å²) in [6.45, 7) is 0.302. The van der Waals surface area contributed by atoms with Crippen molar-refractivity contribution in [3.63, 3.8) is 0 Å². The Balaban J connectivity index is 1.35. The maximum atomic E-state index is 13.2. The Morgan fingerprint density at radius 2 is 1.55 bits per heavy atom. The van der Waals surface area contributed by atoms with E-state index < -0.39 is 15.1 Å². The summed E-state index contributed by atoms with van der Waals surface area (Å²) in [5.41, 5.74) is 1.05. The molecule has 3 atom stereocenters. The molecule has 0 aliphatic carbocycles. The Morgan fingerprint density at radius 1 is 0.897 bits per heavy atom. The minimum atomic E-state index is -3.36. The standard InChI is InChI=1S/C23H24N2O3S/c26-23(16-24-13-12-17-6-4-5-9-22(17)24)25-18-10-11-19(25)15-21(14-18)29(27,28)20-7-2-1-3-8-20/h1-9,12-13,18-19,21H,10-11,14-16H2/t18-,19+,21?. The van der Waals surface area contributed by atoms with E-state index in [1.165, 1.54) is 0 Å². The fourth-order valence-electron chi connectivity index (χ4n) is 5.10. The molecule has 150 valence electrons. The monoisotopic (exact) mass is 408 g/mol. The summed E-state index contributed by atoms with van der Waals surface area (Å²) in [6, 6.07) is 18.8. The molecule has 2 aromatic carbocycles. The van der Waals surface area contributed by atoms with Crippen molar-refractivity contribution in [2.75, 3.05) is 0 Å². The number of para-hydroxylation sites is 1. The van der Waals surface area contributed by atoms with Crippen LogP contribution >= 0.6 is 0 Å². The van der Waals surface area contributed by atoms with Crippen LogP contribution in [0.3, 0.4) is 0 Å². The zero-order valence-corrected chi connectivity index (χ0v) is 17.0. The average Bonchev–Trinajstić information content (AvgIpc) is 3.26. The fourth-order valence-corrected chi connectivity index (χ4v) is 6.97. The number of fused-ring (bicyclic) bond motifs is 3. The molecule has 2 fully saturated rings. The molecule has 2 aliphatic heterocycles. The number of amides is 1. The molecule has 1 aromatic heterocycles. The van der Waals surface area contributed by atoms with Gasteiger partial charge in [-0.3, -0.25) is 4.79 Å². The van der Waals surface area contributed by atoms with Gasteiger partial charge < -0.3 is 9.47 Å². The van der Waals surface area contributed by atoms with Gasteiger partial charge in [-0.1, -0.05) is 36.4 Å². The second-order valence-electron chi connectivity index (χ2n) is 8.14. The van der Waals surface area contributed by atoms with E-state index in [-0.39, 0.29) is 18.0 Å². The number of hydrogen-bond acceptors (Lipinski definition) is 3. The number of hydrogen-bond donors (Lipinski definition) is 0. The summed E-state index contributed by atoms with van der Waals surface area (Å²) in [4.78, 5) is 15.5. The minimum Gasteiger partial charge on any atom is -0.338 e. The Morgan fingerprint density at radius 3 is 2.28 bits per heavy atom. The van der Waals surface area contributed by atoms with Crippen LogP contribution in [0, 0.1) is 0 Å². The van der Waals surface area contributed by atoms with Gasteiger partial charge in [0, 0.05) is 23.8 Å². The van der Waals surface area contributed by atoms with Gasteiger partial charge in [-0.2, -0.15) is 0 Å². The summed E-state index contributed by atoms with van der Waals surface area (Å²) in [6.07, 6.45) is 4.81. The molecule has 1 unspecified atom stereocenters. The molecule has 29 heavy (non-hydrogen) atoms. The van der Waals surface area contributed by atoms with E-state index in [2.05, 4.69) is 0 Å². The third kappa shape index (κ3) is 3.15. The molecule has 0 saturated carbocycles. The Kier molecular flexibility index (Phi) is 4.46. The molecule has 2 aliphatic rings. The Labute approximate surface area is 170 Å². The number of sulfone groups is 1. The van der Waals surface area contributed by atoms with Crippen LogP contribution < -0.4 is 0 Å². The Bertz CT molecular complexity index is 1140. The van der Waals surface area contributed by atoms with Crippen LogP contribution in [0.15, 0.2) is 71.8 Å². The first-order valence-corrected chi connectivity index (χ1v) is 11.7. The van der Waals surface area contributed by atoms with E-state index in [0.29, 0.717) is 24.3 Å². The predicted molar refractivity (Wildman–Crippen MR) is 112 cm³/mol. The fraction of sp³-hybridized carbons (Fsp3) is 0.348. The molecule has 0 spiro atoms. The SMILES string of the molecule is O=C(Cn1ccc2ccccc21)N1[C@@H]2CC[C@H]1CC(S(=O)(=O)c1ccccc1)C2. The summed E-state index contributed by atoms with van der Waals surface area (Å²) < 4.78 is 28.1. The summed E-state index contributed by atoms with van der Waals surface area (Å²) in [7, 11) is -3.36. The van der Waals surface area contributed by atoms with Crippen molar-refractivity contribution >= 4 is 26.6 Å². The highest BCUT2D eigenvalue weighted by Gasteiger charge is 2.47. The van der Waals surface area contributed by atoms with Crippen molar-refractivity contribution in [3.8, 4) is 0 Å². The van der Waals surface area contributed by atoms with E-state index in [4.69, 9.17) is 0 Å². The van der Waals surface area contributed by atoms with Crippen LogP contribution in [-0.4, -0.2) is 41.1 Å². The Hall–Kier alpha value is -2.60. The second-order valence-corrected chi connectivity index (χ2v) is 10.4. The third-order valence-electron chi connectivity index (χ3n) is 6.47. The first-order chi connectivity index (χ1) is 14.0. The molecule has 0 N–H and O–H groups in total. The number of aromatic nitrogens is 1. The summed E-state index contributed by atoms with van der Waals surface area (Å²) in [5, 5.41) is 0.717. The number of rotatable bonds is 4. The number of carbonyl (C=O) groups is 1. The normalized spacial score (nSPS) is 24.1. The van der Waals surface area contributed by atoms with Crippen molar-refractivity contribution in [2.24, 2.45) is 0 Å². The smallest absolute Gasteiger partial charge is 0.243 e. The second kappa shape index (κ2) is 7.02. The zero-order chi connectivity index (χ0) is 20.0. The van der Waals surface area contributed by atoms with Gasteiger partial charge in [0.25, 0.3) is 0 Å². The zero-order valence-electron chi connectivity index (χ0n) is 16.1. The van der Waals surface area contributed by atoms with E-state index >= 15 is 0 Å². The van der Waals surface area contributed by atoms with Gasteiger partial charge in [0.05, 0.1) is 10.1 Å². The number of carbonyl (C=O) groups excluding carboxylic acids is 1. The van der Waals surface area contributed by atoms with Crippen LogP contribution in [0.25, 0.3) is 10.9 Å². The number of piperidine rings is 1. The quantitative estimate of drug-likeness (QED) is 0.662. The molecule has 2 bridgehead atoms. The lowest BCUT2D eigenvalue weighted by Gasteiger charge is -2.38. The van der Waals surface area contributed by atoms with Crippen LogP contribution in [0.5, 0.6) is 0 Å². The molecule has 3 aromatic rings. The number of benzene rings is 2. The van der Waals surface area contributed by atoms with Crippen LogP contribution in [0.1, 0.15) is 25.7 Å². The van der Waals surface area contributed by atoms with Gasteiger partial charge in [0.1, 0.15) is 6.54 Å².